The highest BCUT2D eigenvalue weighted by molar-refractivity contribution is 14.2. The van der Waals surface area contributed by atoms with Gasteiger partial charge in [0, 0.05) is 0 Å². The molecule has 0 aliphatic carbocycles. The Balaban J connectivity index is 2.93. The average Bonchev–Trinajstić information content (AvgIpc) is 2.55. The van der Waals surface area contributed by atoms with Gasteiger partial charge in [0.05, 0.1) is 25.1 Å². The van der Waals surface area contributed by atoms with E-state index in [1.165, 1.54) is 0 Å². The Bertz CT molecular complexity index is 618. The number of allylic oxidation sites excluding steroid dienone is 7. The highest BCUT2D eigenvalue weighted by Crippen LogP contribution is 2.20. The SMILES string of the molecule is C=CC(=CC=C(C)C(CC#N)NC(=O)CN)C1=CI=CC=C1. The predicted octanol–water partition coefficient (Wildman–Crippen LogP) is 2.63. The average molecular weight is 409 g/mol. The lowest BCUT2D eigenvalue weighted by molar-refractivity contribution is -0.120. The number of carbonyl (C=O) groups excluding carboxylic acids is 1. The lowest BCUT2D eigenvalue weighted by Gasteiger charge is -2.16. The van der Waals surface area contributed by atoms with Gasteiger partial charge in [0.2, 0.25) is 5.91 Å². The van der Waals surface area contributed by atoms with Crippen LogP contribution in [0.1, 0.15) is 13.3 Å². The summed E-state index contributed by atoms with van der Waals surface area (Å²) in [6, 6.07) is 1.76. The van der Waals surface area contributed by atoms with Crippen molar-refractivity contribution in [3.63, 3.8) is 0 Å². The number of hydrogen-bond donors (Lipinski definition) is 2. The molecule has 0 saturated carbocycles. The predicted molar refractivity (Wildman–Crippen MR) is 101 cm³/mol. The summed E-state index contributed by atoms with van der Waals surface area (Å²) in [4.78, 5) is 11.4. The van der Waals surface area contributed by atoms with E-state index >= 15 is 0 Å². The number of nitrogens with one attached hydrogen (secondary N) is 1. The fraction of sp³-hybridized carbons (Fsp3) is 0.235. The van der Waals surface area contributed by atoms with Crippen molar-refractivity contribution in [2.24, 2.45) is 5.73 Å². The smallest absolute Gasteiger partial charge is 0.234 e. The Morgan fingerprint density at radius 1 is 1.59 bits per heavy atom. The molecule has 0 aromatic heterocycles. The van der Waals surface area contributed by atoms with E-state index < -0.39 is 0 Å². The Morgan fingerprint density at radius 2 is 2.36 bits per heavy atom. The number of rotatable bonds is 7. The summed E-state index contributed by atoms with van der Waals surface area (Å²) in [5, 5.41) is 11.6. The van der Waals surface area contributed by atoms with E-state index in [0.29, 0.717) is 0 Å². The third kappa shape index (κ3) is 5.92. The Labute approximate surface area is 141 Å². The molecule has 1 rings (SSSR count). The molecule has 1 aliphatic rings. The van der Waals surface area contributed by atoms with Gasteiger partial charge < -0.3 is 11.1 Å². The number of carbonyl (C=O) groups is 1. The number of nitriles is 1. The van der Waals surface area contributed by atoms with Crippen LogP contribution in [0.2, 0.25) is 0 Å². The number of amides is 1. The van der Waals surface area contributed by atoms with Crippen molar-refractivity contribution < 1.29 is 4.79 Å². The van der Waals surface area contributed by atoms with Crippen molar-refractivity contribution in [2.75, 3.05) is 6.54 Å². The van der Waals surface area contributed by atoms with E-state index in [2.05, 4.69) is 38.2 Å². The first-order chi connectivity index (χ1) is 10.6. The first kappa shape index (κ1) is 18.3. The van der Waals surface area contributed by atoms with Gasteiger partial charge in [-0.3, -0.25) is 4.79 Å². The highest BCUT2D eigenvalue weighted by atomic mass is 127. The molecule has 0 radical (unpaired) electrons. The van der Waals surface area contributed by atoms with Gasteiger partial charge in [-0.2, -0.15) is 5.26 Å². The Hall–Kier alpha value is -1.78. The number of nitrogens with zero attached hydrogens (tertiary/aromatic N) is 1. The summed E-state index contributed by atoms with van der Waals surface area (Å²) in [7, 11) is 0. The van der Waals surface area contributed by atoms with E-state index in [4.69, 9.17) is 11.0 Å². The molecule has 0 bridgehead atoms. The second kappa shape index (κ2) is 10.0. The molecule has 22 heavy (non-hydrogen) atoms. The quantitative estimate of drug-likeness (QED) is 0.501. The second-order valence-corrected chi connectivity index (χ2v) is 6.66. The van der Waals surface area contributed by atoms with Gasteiger partial charge in [-0.15, -0.1) is 0 Å². The van der Waals surface area contributed by atoms with Crippen molar-refractivity contribution in [1.29, 1.82) is 5.26 Å². The zero-order valence-electron chi connectivity index (χ0n) is 12.6. The van der Waals surface area contributed by atoms with E-state index in [0.717, 1.165) is 16.7 Å². The lowest BCUT2D eigenvalue weighted by Crippen LogP contribution is -2.39. The molecule has 1 unspecified atom stereocenters. The van der Waals surface area contributed by atoms with Gasteiger partial charge in [-0.1, -0.05) is 63.3 Å². The lowest BCUT2D eigenvalue weighted by atomic mass is 10.0. The van der Waals surface area contributed by atoms with Crippen LogP contribution in [-0.4, -0.2) is 22.5 Å². The molecular formula is C17H20IN3O. The Kier molecular flexibility index (Phi) is 8.33. The minimum atomic E-state index is -0.319. The maximum Gasteiger partial charge on any atom is 0.234 e. The number of nitrogens with two attached hydrogens (primary N) is 1. The van der Waals surface area contributed by atoms with E-state index in [1.54, 1.807) is 0 Å². The van der Waals surface area contributed by atoms with Gasteiger partial charge in [0.1, 0.15) is 0 Å². The first-order valence-electron chi connectivity index (χ1n) is 6.82. The monoisotopic (exact) mass is 409 g/mol. The minimum Gasteiger partial charge on any atom is -0.347 e. The van der Waals surface area contributed by atoms with Gasteiger partial charge in [-0.05, 0) is 26.2 Å². The van der Waals surface area contributed by atoms with Crippen LogP contribution in [0.15, 0.2) is 57.8 Å². The van der Waals surface area contributed by atoms with Crippen LogP contribution in [0.5, 0.6) is 0 Å². The van der Waals surface area contributed by atoms with Crippen molar-refractivity contribution >= 4 is 30.6 Å². The van der Waals surface area contributed by atoms with Crippen LogP contribution < -0.4 is 11.1 Å². The van der Waals surface area contributed by atoms with Gasteiger partial charge in [0.15, 0.2) is 0 Å². The minimum absolute atomic E-state index is 0.0227. The maximum atomic E-state index is 11.4. The second-order valence-electron chi connectivity index (χ2n) is 4.60. The molecular weight excluding hydrogens is 389 g/mol. The summed E-state index contributed by atoms with van der Waals surface area (Å²) in [6.07, 6.45) is 10.0. The summed E-state index contributed by atoms with van der Waals surface area (Å²) in [5.74, 6) is -0.265. The number of hydrogen-bond acceptors (Lipinski definition) is 3. The van der Waals surface area contributed by atoms with E-state index in [1.807, 2.05) is 25.2 Å². The van der Waals surface area contributed by atoms with Crippen molar-refractivity contribution in [1.82, 2.24) is 5.32 Å². The molecule has 0 saturated heterocycles. The molecule has 0 aromatic rings. The topological polar surface area (TPSA) is 78.9 Å². The normalized spacial score (nSPS) is 16.1. The summed E-state index contributed by atoms with van der Waals surface area (Å²) in [5.41, 5.74) is 8.41. The van der Waals surface area contributed by atoms with Gasteiger partial charge in [0.25, 0.3) is 0 Å². The molecule has 0 spiro atoms. The first-order valence-corrected chi connectivity index (χ1v) is 9.31. The zero-order valence-corrected chi connectivity index (χ0v) is 14.7. The van der Waals surface area contributed by atoms with E-state index in [-0.39, 0.29) is 45.6 Å². The largest absolute Gasteiger partial charge is 0.347 e. The van der Waals surface area contributed by atoms with Gasteiger partial charge in [-0.25, -0.2) is 0 Å². The molecule has 5 heteroatoms. The molecule has 1 heterocycles. The fourth-order valence-corrected chi connectivity index (χ4v) is 3.38. The zero-order chi connectivity index (χ0) is 16.4. The molecule has 116 valence electrons. The summed E-state index contributed by atoms with van der Waals surface area (Å²) < 4.78 is 4.42. The fourth-order valence-electron chi connectivity index (χ4n) is 1.77. The molecule has 1 aliphatic heterocycles. The van der Waals surface area contributed by atoms with Crippen molar-refractivity contribution in [3.8, 4) is 6.07 Å². The van der Waals surface area contributed by atoms with Crippen molar-refractivity contribution in [3.05, 3.63) is 57.8 Å². The van der Waals surface area contributed by atoms with Gasteiger partial charge >= 0.3 is 0 Å². The van der Waals surface area contributed by atoms with Crippen LogP contribution in [0.3, 0.4) is 0 Å². The van der Waals surface area contributed by atoms with Crippen LogP contribution in [0.4, 0.5) is 0 Å². The van der Waals surface area contributed by atoms with E-state index in [9.17, 15) is 4.79 Å². The maximum absolute atomic E-state index is 11.4. The standard InChI is InChI=1S/C17H20IN3O/c1-3-14(15-5-4-9-18-11-15)7-6-13(2)16(8-10-19)21-17(22)12-20/h3-7,9,11,16H,1,8,12,20H2,2H3,(H,21,22). The van der Waals surface area contributed by atoms with Crippen LogP contribution in [0.25, 0.3) is 0 Å². The molecule has 0 fully saturated rings. The molecule has 4 nitrogen and oxygen atoms in total. The summed E-state index contributed by atoms with van der Waals surface area (Å²) in [6.45, 7) is 5.66. The number of halogens is 1. The molecule has 3 N–H and O–H groups in total. The van der Waals surface area contributed by atoms with Crippen LogP contribution in [-0.2, 0) is 4.79 Å². The third-order valence-corrected chi connectivity index (χ3v) is 4.91. The van der Waals surface area contributed by atoms with Crippen LogP contribution >= 0.6 is 20.7 Å². The highest BCUT2D eigenvalue weighted by Gasteiger charge is 2.12. The molecule has 0 aromatic carbocycles. The molecule has 1 amide bonds. The third-order valence-electron chi connectivity index (χ3n) is 3.05. The van der Waals surface area contributed by atoms with Crippen molar-refractivity contribution in [2.45, 2.75) is 19.4 Å². The Morgan fingerprint density at radius 3 is 2.91 bits per heavy atom. The summed E-state index contributed by atoms with van der Waals surface area (Å²) >= 11 is -0.0227. The van der Waals surface area contributed by atoms with Crippen LogP contribution in [0, 0.1) is 11.3 Å². The molecule has 1 atom stereocenters.